The Hall–Kier alpha value is -1.88. The molecule has 0 bridgehead atoms. The Balaban J connectivity index is 1.70. The highest BCUT2D eigenvalue weighted by atomic mass is 16.3. The molecule has 116 valence electrons. The molecule has 1 saturated heterocycles. The molecule has 0 amide bonds. The fourth-order valence-corrected chi connectivity index (χ4v) is 3.20. The third kappa shape index (κ3) is 3.30. The van der Waals surface area contributed by atoms with Gasteiger partial charge in [-0.15, -0.1) is 0 Å². The highest BCUT2D eigenvalue weighted by molar-refractivity contribution is 5.30. The van der Waals surface area contributed by atoms with E-state index >= 15 is 0 Å². The van der Waals surface area contributed by atoms with E-state index in [0.717, 1.165) is 12.1 Å². The molecule has 1 aliphatic heterocycles. The van der Waals surface area contributed by atoms with E-state index in [0.29, 0.717) is 13.1 Å². The summed E-state index contributed by atoms with van der Waals surface area (Å²) in [6.07, 6.45) is -1.26. The summed E-state index contributed by atoms with van der Waals surface area (Å²) < 4.78 is 0. The predicted molar refractivity (Wildman–Crippen MR) is 84.6 cm³/mol. The Morgan fingerprint density at radius 2 is 1.45 bits per heavy atom. The molecule has 0 unspecified atom stereocenters. The van der Waals surface area contributed by atoms with Crippen molar-refractivity contribution in [1.29, 1.82) is 0 Å². The van der Waals surface area contributed by atoms with Gasteiger partial charge in [0.1, 0.15) is 5.75 Å². The number of phenols is 1. The summed E-state index contributed by atoms with van der Waals surface area (Å²) in [6, 6.07) is 16.8. The van der Waals surface area contributed by atoms with E-state index in [2.05, 4.69) is 4.90 Å². The molecule has 22 heavy (non-hydrogen) atoms. The van der Waals surface area contributed by atoms with Crippen LogP contribution in [0.1, 0.15) is 17.0 Å². The number of phenolic OH excluding ortho intramolecular Hbond substituents is 1. The molecule has 3 rings (SSSR count). The number of aromatic hydroxyl groups is 1. The van der Waals surface area contributed by atoms with Crippen molar-refractivity contribution in [1.82, 2.24) is 4.90 Å². The minimum atomic E-state index is -0.628. The van der Waals surface area contributed by atoms with Crippen LogP contribution in [0.5, 0.6) is 5.75 Å². The van der Waals surface area contributed by atoms with Gasteiger partial charge in [-0.2, -0.15) is 0 Å². The molecule has 0 saturated carbocycles. The van der Waals surface area contributed by atoms with Crippen molar-refractivity contribution in [3.8, 4) is 5.75 Å². The Labute approximate surface area is 130 Å². The molecule has 4 heteroatoms. The van der Waals surface area contributed by atoms with E-state index < -0.39 is 12.2 Å². The average molecular weight is 299 g/mol. The van der Waals surface area contributed by atoms with Crippen molar-refractivity contribution in [2.24, 2.45) is 0 Å². The zero-order chi connectivity index (χ0) is 15.5. The summed E-state index contributed by atoms with van der Waals surface area (Å²) in [7, 11) is 0. The van der Waals surface area contributed by atoms with Gasteiger partial charge in [0.15, 0.2) is 0 Å². The van der Waals surface area contributed by atoms with Crippen LogP contribution in [-0.4, -0.2) is 45.5 Å². The minimum absolute atomic E-state index is 0.189. The fourth-order valence-electron chi connectivity index (χ4n) is 3.20. The highest BCUT2D eigenvalue weighted by Crippen LogP contribution is 2.30. The Morgan fingerprint density at radius 1 is 0.864 bits per heavy atom. The maximum atomic E-state index is 10.4. The molecular weight excluding hydrogens is 278 g/mol. The zero-order valence-corrected chi connectivity index (χ0v) is 12.3. The van der Waals surface area contributed by atoms with Gasteiger partial charge in [-0.25, -0.2) is 0 Å². The van der Waals surface area contributed by atoms with E-state index in [1.165, 1.54) is 5.56 Å². The van der Waals surface area contributed by atoms with Gasteiger partial charge in [-0.3, -0.25) is 4.90 Å². The molecule has 1 heterocycles. The largest absolute Gasteiger partial charge is 0.508 e. The number of rotatable bonds is 3. The number of nitrogens with zero attached hydrogens (tertiary/aromatic N) is 1. The second-order valence-corrected chi connectivity index (χ2v) is 5.93. The first-order chi connectivity index (χ1) is 10.6. The molecule has 4 nitrogen and oxygen atoms in total. The van der Waals surface area contributed by atoms with Crippen LogP contribution in [0.2, 0.25) is 0 Å². The lowest BCUT2D eigenvalue weighted by molar-refractivity contribution is -0.0321. The fraction of sp³-hybridized carbons (Fsp3) is 0.333. The van der Waals surface area contributed by atoms with Crippen molar-refractivity contribution in [2.75, 3.05) is 13.1 Å². The Morgan fingerprint density at radius 3 is 2.05 bits per heavy atom. The van der Waals surface area contributed by atoms with Crippen LogP contribution in [0.25, 0.3) is 0 Å². The van der Waals surface area contributed by atoms with Crippen LogP contribution in [0, 0.1) is 0 Å². The molecule has 1 fully saturated rings. The van der Waals surface area contributed by atoms with Gasteiger partial charge in [0.05, 0.1) is 12.2 Å². The summed E-state index contributed by atoms with van der Waals surface area (Å²) in [5.74, 6) is -0.123. The summed E-state index contributed by atoms with van der Waals surface area (Å²) in [5.41, 5.74) is 2.03. The quantitative estimate of drug-likeness (QED) is 0.807. The Bertz CT molecular complexity index is 587. The molecule has 2 aromatic rings. The standard InChI is InChI=1S/C18H21NO3/c20-15-8-6-14(7-9-15)18-16(21)11-19(12-17(18)22)10-13-4-2-1-3-5-13/h1-9,16-18,20-22H,10-12H2/t16-,17+,18-. The van der Waals surface area contributed by atoms with Crippen LogP contribution in [0.3, 0.4) is 0 Å². The normalized spacial score (nSPS) is 26.0. The van der Waals surface area contributed by atoms with E-state index in [1.807, 2.05) is 30.3 Å². The molecule has 3 N–H and O–H groups in total. The van der Waals surface area contributed by atoms with Gasteiger partial charge >= 0.3 is 0 Å². The van der Waals surface area contributed by atoms with Gasteiger partial charge in [0, 0.05) is 25.6 Å². The lowest BCUT2D eigenvalue weighted by Crippen LogP contribution is -2.50. The summed E-state index contributed by atoms with van der Waals surface area (Å²) in [5, 5.41) is 30.3. The van der Waals surface area contributed by atoms with Crippen molar-refractivity contribution >= 4 is 0 Å². The molecule has 0 aliphatic carbocycles. The summed E-state index contributed by atoms with van der Waals surface area (Å²) in [6.45, 7) is 1.77. The SMILES string of the molecule is Oc1ccc([C@@H]2[C@H](O)CN(Cc3ccccc3)C[C@@H]2O)cc1. The monoisotopic (exact) mass is 299 g/mol. The molecule has 0 spiro atoms. The van der Waals surface area contributed by atoms with Gasteiger partial charge in [-0.05, 0) is 23.3 Å². The van der Waals surface area contributed by atoms with Gasteiger partial charge in [-0.1, -0.05) is 42.5 Å². The number of benzene rings is 2. The van der Waals surface area contributed by atoms with Crippen molar-refractivity contribution in [3.63, 3.8) is 0 Å². The van der Waals surface area contributed by atoms with Crippen LogP contribution >= 0.6 is 0 Å². The lowest BCUT2D eigenvalue weighted by Gasteiger charge is -2.39. The smallest absolute Gasteiger partial charge is 0.115 e. The number of aliphatic hydroxyl groups is 2. The molecule has 3 atom stereocenters. The number of β-amino-alcohol motifs (C(OH)–C–C–N with tert-alkyl or cyclic N) is 2. The van der Waals surface area contributed by atoms with Gasteiger partial charge in [0.2, 0.25) is 0 Å². The van der Waals surface area contributed by atoms with E-state index in [4.69, 9.17) is 0 Å². The van der Waals surface area contributed by atoms with Crippen LogP contribution in [0.4, 0.5) is 0 Å². The molecule has 2 aromatic carbocycles. The topological polar surface area (TPSA) is 63.9 Å². The predicted octanol–water partition coefficient (Wildman–Crippen LogP) is 1.71. The molecule has 1 aliphatic rings. The molecule has 0 radical (unpaired) electrons. The van der Waals surface area contributed by atoms with E-state index in [1.54, 1.807) is 24.3 Å². The van der Waals surface area contributed by atoms with Crippen molar-refractivity contribution in [2.45, 2.75) is 24.7 Å². The number of piperidine rings is 1. The third-order valence-electron chi connectivity index (χ3n) is 4.25. The zero-order valence-electron chi connectivity index (χ0n) is 12.3. The van der Waals surface area contributed by atoms with Gasteiger partial charge < -0.3 is 15.3 Å². The number of likely N-dealkylation sites (tertiary alicyclic amines) is 1. The minimum Gasteiger partial charge on any atom is -0.508 e. The van der Waals surface area contributed by atoms with E-state index in [-0.39, 0.29) is 11.7 Å². The average Bonchev–Trinajstić information content (AvgIpc) is 2.49. The second kappa shape index (κ2) is 6.48. The molecule has 0 aromatic heterocycles. The molecular formula is C18H21NO3. The third-order valence-corrected chi connectivity index (χ3v) is 4.25. The number of hydrogen-bond acceptors (Lipinski definition) is 4. The van der Waals surface area contributed by atoms with Crippen molar-refractivity contribution < 1.29 is 15.3 Å². The maximum absolute atomic E-state index is 10.4. The number of hydrogen-bond donors (Lipinski definition) is 3. The first-order valence-electron chi connectivity index (χ1n) is 7.55. The lowest BCUT2D eigenvalue weighted by atomic mass is 9.84. The highest BCUT2D eigenvalue weighted by Gasteiger charge is 2.35. The first-order valence-corrected chi connectivity index (χ1v) is 7.55. The maximum Gasteiger partial charge on any atom is 0.115 e. The Kier molecular flexibility index (Phi) is 4.43. The second-order valence-electron chi connectivity index (χ2n) is 5.93. The van der Waals surface area contributed by atoms with Crippen LogP contribution in [0.15, 0.2) is 54.6 Å². The van der Waals surface area contributed by atoms with Gasteiger partial charge in [0.25, 0.3) is 0 Å². The van der Waals surface area contributed by atoms with Crippen molar-refractivity contribution in [3.05, 3.63) is 65.7 Å². The summed E-state index contributed by atoms with van der Waals surface area (Å²) >= 11 is 0. The van der Waals surface area contributed by atoms with Crippen LogP contribution < -0.4 is 0 Å². The van der Waals surface area contributed by atoms with Crippen LogP contribution in [-0.2, 0) is 6.54 Å². The summed E-state index contributed by atoms with van der Waals surface area (Å²) in [4.78, 5) is 2.07. The first kappa shape index (κ1) is 15.0. The van der Waals surface area contributed by atoms with E-state index in [9.17, 15) is 15.3 Å². The number of aliphatic hydroxyl groups excluding tert-OH is 2.